The summed E-state index contributed by atoms with van der Waals surface area (Å²) in [5.74, 6) is -1.37. The molecule has 1 fully saturated rings. The Morgan fingerprint density at radius 2 is 2.10 bits per heavy atom. The summed E-state index contributed by atoms with van der Waals surface area (Å²) in [6.07, 6.45) is 2.30. The van der Waals surface area contributed by atoms with E-state index < -0.39 is 24.2 Å². The Balaban J connectivity index is 2.07. The highest BCUT2D eigenvalue weighted by atomic mass is 16.6. The van der Waals surface area contributed by atoms with E-state index >= 15 is 0 Å². The van der Waals surface area contributed by atoms with Gasteiger partial charge in [-0.05, 0) is 25.7 Å². The van der Waals surface area contributed by atoms with Crippen LogP contribution in [0.5, 0.6) is 0 Å². The number of carbonyl (C=O) groups is 2. The number of aliphatic carboxylic acids is 1. The molecular weight excluding hydrogens is 278 g/mol. The number of nitrogens with two attached hydrogens (primary N) is 1. The van der Waals surface area contributed by atoms with E-state index in [-0.39, 0.29) is 12.1 Å². The van der Waals surface area contributed by atoms with Crippen LogP contribution >= 0.6 is 0 Å². The van der Waals surface area contributed by atoms with Gasteiger partial charge in [-0.1, -0.05) is 13.3 Å². The van der Waals surface area contributed by atoms with Gasteiger partial charge in [0, 0.05) is 13.2 Å². The van der Waals surface area contributed by atoms with Crippen molar-refractivity contribution in [2.45, 2.75) is 63.4 Å². The SMILES string of the molecule is CCCC1OC1C(=O)OCCCCC(N)C(OC)C(=O)O. The number of epoxide rings is 1. The lowest BCUT2D eigenvalue weighted by atomic mass is 10.1. The number of rotatable bonds is 11. The first-order chi connectivity index (χ1) is 10.0. The molecule has 0 radical (unpaired) electrons. The summed E-state index contributed by atoms with van der Waals surface area (Å²) in [6.45, 7) is 2.34. The third-order valence-corrected chi connectivity index (χ3v) is 3.45. The van der Waals surface area contributed by atoms with E-state index in [1.54, 1.807) is 0 Å². The molecule has 3 N–H and O–H groups in total. The summed E-state index contributed by atoms with van der Waals surface area (Å²) >= 11 is 0. The van der Waals surface area contributed by atoms with Gasteiger partial charge in [0.2, 0.25) is 0 Å². The molecule has 7 heteroatoms. The molecule has 0 aliphatic carbocycles. The molecule has 0 aromatic heterocycles. The van der Waals surface area contributed by atoms with Gasteiger partial charge in [-0.3, -0.25) is 0 Å². The highest BCUT2D eigenvalue weighted by Crippen LogP contribution is 2.27. The number of methoxy groups -OCH3 is 1. The van der Waals surface area contributed by atoms with Crippen molar-refractivity contribution in [1.82, 2.24) is 0 Å². The summed E-state index contributed by atoms with van der Waals surface area (Å²) in [5.41, 5.74) is 5.75. The van der Waals surface area contributed by atoms with Gasteiger partial charge in [-0.15, -0.1) is 0 Å². The van der Waals surface area contributed by atoms with E-state index in [2.05, 4.69) is 0 Å². The third kappa shape index (κ3) is 5.99. The molecule has 4 unspecified atom stereocenters. The van der Waals surface area contributed by atoms with E-state index in [1.165, 1.54) is 7.11 Å². The first kappa shape index (κ1) is 17.9. The van der Waals surface area contributed by atoms with E-state index in [0.29, 0.717) is 25.9 Å². The van der Waals surface area contributed by atoms with Crippen LogP contribution < -0.4 is 5.73 Å². The van der Waals surface area contributed by atoms with Crippen LogP contribution in [0.3, 0.4) is 0 Å². The highest BCUT2D eigenvalue weighted by Gasteiger charge is 2.45. The van der Waals surface area contributed by atoms with Gasteiger partial charge in [0.25, 0.3) is 0 Å². The number of carboxylic acid groups (broad SMARTS) is 1. The Bertz CT molecular complexity index is 348. The summed E-state index contributed by atoms with van der Waals surface area (Å²) in [4.78, 5) is 22.4. The molecule has 21 heavy (non-hydrogen) atoms. The monoisotopic (exact) mass is 303 g/mol. The van der Waals surface area contributed by atoms with Crippen LogP contribution in [0.25, 0.3) is 0 Å². The molecule has 1 aliphatic heterocycles. The second kappa shape index (κ2) is 8.96. The second-order valence-corrected chi connectivity index (χ2v) is 5.21. The third-order valence-electron chi connectivity index (χ3n) is 3.45. The van der Waals surface area contributed by atoms with Crippen LogP contribution in [0, 0.1) is 0 Å². The van der Waals surface area contributed by atoms with E-state index in [4.69, 9.17) is 25.1 Å². The normalized spacial score (nSPS) is 23.4. The smallest absolute Gasteiger partial charge is 0.338 e. The molecule has 1 aliphatic rings. The average molecular weight is 303 g/mol. The zero-order chi connectivity index (χ0) is 15.8. The van der Waals surface area contributed by atoms with Crippen molar-refractivity contribution in [1.29, 1.82) is 0 Å². The molecule has 122 valence electrons. The molecule has 1 saturated heterocycles. The number of carbonyl (C=O) groups excluding carboxylic acids is 1. The predicted octanol–water partition coefficient (Wildman–Crippen LogP) is 0.694. The first-order valence-corrected chi connectivity index (χ1v) is 7.34. The van der Waals surface area contributed by atoms with Crippen molar-refractivity contribution in [2.24, 2.45) is 5.73 Å². The summed E-state index contributed by atoms with van der Waals surface area (Å²) in [7, 11) is 1.32. The van der Waals surface area contributed by atoms with Crippen LogP contribution in [0.1, 0.15) is 39.0 Å². The zero-order valence-corrected chi connectivity index (χ0v) is 12.6. The Hall–Kier alpha value is -1.18. The van der Waals surface area contributed by atoms with Crippen LogP contribution in [-0.2, 0) is 23.8 Å². The van der Waals surface area contributed by atoms with Gasteiger partial charge in [0.1, 0.15) is 0 Å². The molecule has 0 aromatic rings. The number of hydrogen-bond donors (Lipinski definition) is 2. The molecule has 4 atom stereocenters. The fraction of sp³-hybridized carbons (Fsp3) is 0.857. The standard InChI is InChI=1S/C14H25NO6/c1-3-6-10-12(21-10)14(18)20-8-5-4-7-9(15)11(19-2)13(16)17/h9-12H,3-8,15H2,1-2H3,(H,16,17). The number of unbranched alkanes of at least 4 members (excludes halogenated alkanes) is 1. The lowest BCUT2D eigenvalue weighted by Crippen LogP contribution is -2.41. The van der Waals surface area contributed by atoms with Gasteiger partial charge in [0.15, 0.2) is 12.2 Å². The van der Waals surface area contributed by atoms with Crippen LogP contribution in [-0.4, -0.2) is 55.1 Å². The maximum atomic E-state index is 11.6. The summed E-state index contributed by atoms with van der Waals surface area (Å²) in [5, 5.41) is 8.87. The molecule has 0 amide bonds. The molecule has 0 spiro atoms. The van der Waals surface area contributed by atoms with Crippen molar-refractivity contribution in [2.75, 3.05) is 13.7 Å². The van der Waals surface area contributed by atoms with Gasteiger partial charge in [-0.2, -0.15) is 0 Å². The van der Waals surface area contributed by atoms with Gasteiger partial charge < -0.3 is 25.1 Å². The summed E-state index contributed by atoms with van der Waals surface area (Å²) < 4.78 is 15.1. The molecular formula is C14H25NO6. The predicted molar refractivity (Wildman–Crippen MR) is 74.8 cm³/mol. The molecule has 1 heterocycles. The number of ether oxygens (including phenoxy) is 3. The first-order valence-electron chi connectivity index (χ1n) is 7.34. The van der Waals surface area contributed by atoms with Crippen LogP contribution in [0.4, 0.5) is 0 Å². The van der Waals surface area contributed by atoms with E-state index in [9.17, 15) is 9.59 Å². The molecule has 0 aromatic carbocycles. The van der Waals surface area contributed by atoms with Crippen LogP contribution in [0.2, 0.25) is 0 Å². The maximum Gasteiger partial charge on any atom is 0.338 e. The van der Waals surface area contributed by atoms with E-state index in [0.717, 1.165) is 12.8 Å². The number of hydrogen-bond acceptors (Lipinski definition) is 6. The Morgan fingerprint density at radius 1 is 1.38 bits per heavy atom. The maximum absolute atomic E-state index is 11.6. The van der Waals surface area contributed by atoms with Gasteiger partial charge >= 0.3 is 11.9 Å². The highest BCUT2D eigenvalue weighted by molar-refractivity contribution is 5.77. The van der Waals surface area contributed by atoms with Gasteiger partial charge in [-0.25, -0.2) is 9.59 Å². The van der Waals surface area contributed by atoms with Crippen LogP contribution in [0.15, 0.2) is 0 Å². The van der Waals surface area contributed by atoms with Crippen molar-refractivity contribution >= 4 is 11.9 Å². The largest absolute Gasteiger partial charge is 0.479 e. The minimum atomic E-state index is -1.07. The van der Waals surface area contributed by atoms with Gasteiger partial charge in [0.05, 0.1) is 12.7 Å². The molecule has 0 saturated carbocycles. The van der Waals surface area contributed by atoms with Crippen molar-refractivity contribution in [3.05, 3.63) is 0 Å². The minimum absolute atomic E-state index is 0.0222. The molecule has 1 rings (SSSR count). The Labute approximate surface area is 124 Å². The summed E-state index contributed by atoms with van der Waals surface area (Å²) in [6, 6.07) is -0.566. The minimum Gasteiger partial charge on any atom is -0.479 e. The molecule has 0 bridgehead atoms. The second-order valence-electron chi connectivity index (χ2n) is 5.21. The Morgan fingerprint density at radius 3 is 2.67 bits per heavy atom. The van der Waals surface area contributed by atoms with Crippen molar-refractivity contribution in [3.8, 4) is 0 Å². The molecule has 7 nitrogen and oxygen atoms in total. The Kier molecular flexibility index (Phi) is 7.63. The fourth-order valence-electron chi connectivity index (χ4n) is 2.20. The number of esters is 1. The zero-order valence-electron chi connectivity index (χ0n) is 12.6. The lowest BCUT2D eigenvalue weighted by molar-refractivity contribution is -0.149. The fourth-order valence-corrected chi connectivity index (χ4v) is 2.20. The van der Waals surface area contributed by atoms with E-state index in [1.807, 2.05) is 6.92 Å². The lowest BCUT2D eigenvalue weighted by Gasteiger charge is -2.18. The quantitative estimate of drug-likeness (QED) is 0.328. The topological polar surface area (TPSA) is 111 Å². The number of carboxylic acids is 1. The average Bonchev–Trinajstić information content (AvgIpc) is 3.18. The van der Waals surface area contributed by atoms with Crippen molar-refractivity contribution < 1.29 is 28.9 Å². The van der Waals surface area contributed by atoms with Crippen molar-refractivity contribution in [3.63, 3.8) is 0 Å².